The first-order valence-electron chi connectivity index (χ1n) is 5.41. The summed E-state index contributed by atoms with van der Waals surface area (Å²) in [5, 5.41) is 5.33. The molecule has 2 aromatic heterocycles. The molecule has 6 heteroatoms. The monoisotopic (exact) mass is 249 g/mol. The SMILES string of the molecule is CCSc1cc(N)n(-c2cc(C)nc(C)n2)n1. The van der Waals surface area contributed by atoms with Crippen molar-refractivity contribution in [3.8, 4) is 5.82 Å². The van der Waals surface area contributed by atoms with Crippen molar-refractivity contribution in [2.24, 2.45) is 0 Å². The summed E-state index contributed by atoms with van der Waals surface area (Å²) in [6.45, 7) is 5.87. The van der Waals surface area contributed by atoms with E-state index < -0.39 is 0 Å². The molecule has 2 heterocycles. The van der Waals surface area contributed by atoms with Crippen LogP contribution in [0, 0.1) is 13.8 Å². The van der Waals surface area contributed by atoms with Crippen LogP contribution in [0.4, 0.5) is 5.82 Å². The van der Waals surface area contributed by atoms with E-state index in [0.717, 1.165) is 28.1 Å². The first-order valence-corrected chi connectivity index (χ1v) is 6.39. The van der Waals surface area contributed by atoms with E-state index in [4.69, 9.17) is 5.73 Å². The van der Waals surface area contributed by atoms with Gasteiger partial charge in [0.05, 0.1) is 0 Å². The lowest BCUT2D eigenvalue weighted by Crippen LogP contribution is -2.06. The van der Waals surface area contributed by atoms with Gasteiger partial charge < -0.3 is 5.73 Å². The van der Waals surface area contributed by atoms with Crippen LogP contribution in [0.2, 0.25) is 0 Å². The average Bonchev–Trinajstić information content (AvgIpc) is 2.58. The molecular weight excluding hydrogens is 234 g/mol. The van der Waals surface area contributed by atoms with Crippen molar-refractivity contribution in [3.05, 3.63) is 23.7 Å². The molecule has 0 aliphatic heterocycles. The Morgan fingerprint density at radius 3 is 2.71 bits per heavy atom. The second-order valence-corrected chi connectivity index (χ2v) is 4.95. The highest BCUT2D eigenvalue weighted by Crippen LogP contribution is 2.21. The molecule has 0 unspecified atom stereocenters. The lowest BCUT2D eigenvalue weighted by molar-refractivity contribution is 0.800. The third-order valence-electron chi connectivity index (χ3n) is 2.18. The molecular formula is C11H15N5S. The van der Waals surface area contributed by atoms with Crippen molar-refractivity contribution in [2.45, 2.75) is 25.8 Å². The molecule has 0 amide bonds. The second-order valence-electron chi connectivity index (χ2n) is 3.67. The summed E-state index contributed by atoms with van der Waals surface area (Å²) < 4.78 is 1.65. The van der Waals surface area contributed by atoms with Gasteiger partial charge in [-0.1, -0.05) is 6.92 Å². The highest BCUT2D eigenvalue weighted by Gasteiger charge is 2.09. The van der Waals surface area contributed by atoms with Crippen LogP contribution in [0.15, 0.2) is 17.2 Å². The van der Waals surface area contributed by atoms with Crippen molar-refractivity contribution < 1.29 is 0 Å². The van der Waals surface area contributed by atoms with Crippen LogP contribution in [0.25, 0.3) is 5.82 Å². The molecule has 0 aliphatic carbocycles. The fourth-order valence-corrected chi connectivity index (χ4v) is 2.22. The smallest absolute Gasteiger partial charge is 0.159 e. The number of nitrogens with zero attached hydrogens (tertiary/aromatic N) is 4. The summed E-state index contributed by atoms with van der Waals surface area (Å²) in [6, 6.07) is 3.73. The Bertz CT molecular complexity index is 514. The molecule has 90 valence electrons. The highest BCUT2D eigenvalue weighted by atomic mass is 32.2. The Kier molecular flexibility index (Phi) is 3.33. The summed E-state index contributed by atoms with van der Waals surface area (Å²) in [5.74, 6) is 3.01. The predicted molar refractivity (Wildman–Crippen MR) is 69.4 cm³/mol. The van der Waals surface area contributed by atoms with Gasteiger partial charge in [0.15, 0.2) is 5.82 Å². The zero-order valence-corrected chi connectivity index (χ0v) is 11.0. The van der Waals surface area contributed by atoms with E-state index in [-0.39, 0.29) is 0 Å². The fourth-order valence-electron chi connectivity index (χ4n) is 1.58. The largest absolute Gasteiger partial charge is 0.383 e. The van der Waals surface area contributed by atoms with E-state index in [2.05, 4.69) is 22.0 Å². The minimum atomic E-state index is 0.596. The lowest BCUT2D eigenvalue weighted by atomic mass is 10.4. The van der Waals surface area contributed by atoms with Gasteiger partial charge in [-0.15, -0.1) is 11.8 Å². The number of hydrogen-bond donors (Lipinski definition) is 1. The molecule has 0 radical (unpaired) electrons. The van der Waals surface area contributed by atoms with Crippen molar-refractivity contribution in [3.63, 3.8) is 0 Å². The molecule has 17 heavy (non-hydrogen) atoms. The van der Waals surface area contributed by atoms with Crippen LogP contribution in [-0.4, -0.2) is 25.5 Å². The van der Waals surface area contributed by atoms with Crippen molar-refractivity contribution >= 4 is 17.6 Å². The predicted octanol–water partition coefficient (Wildman–Crippen LogP) is 1.97. The van der Waals surface area contributed by atoms with Gasteiger partial charge in [0.1, 0.15) is 16.7 Å². The maximum absolute atomic E-state index is 5.93. The van der Waals surface area contributed by atoms with E-state index in [1.165, 1.54) is 0 Å². The Labute approximate surface area is 104 Å². The zero-order chi connectivity index (χ0) is 12.4. The van der Waals surface area contributed by atoms with E-state index in [9.17, 15) is 0 Å². The maximum atomic E-state index is 5.93. The third kappa shape index (κ3) is 2.58. The summed E-state index contributed by atoms with van der Waals surface area (Å²) >= 11 is 1.66. The molecule has 2 N–H and O–H groups in total. The van der Waals surface area contributed by atoms with Gasteiger partial charge in [0.2, 0.25) is 0 Å². The lowest BCUT2D eigenvalue weighted by Gasteiger charge is -2.04. The molecule has 0 saturated heterocycles. The number of nitrogens with two attached hydrogens (primary N) is 1. The van der Waals surface area contributed by atoms with Gasteiger partial charge in [-0.3, -0.25) is 0 Å². The summed E-state index contributed by atoms with van der Waals surface area (Å²) in [7, 11) is 0. The van der Waals surface area contributed by atoms with Crippen LogP contribution in [-0.2, 0) is 0 Å². The molecule has 2 rings (SSSR count). The van der Waals surface area contributed by atoms with Crippen LogP contribution in [0.3, 0.4) is 0 Å². The zero-order valence-electron chi connectivity index (χ0n) is 10.1. The number of hydrogen-bond acceptors (Lipinski definition) is 5. The minimum Gasteiger partial charge on any atom is -0.383 e. The molecule has 0 bridgehead atoms. The van der Waals surface area contributed by atoms with Crippen LogP contribution in [0.5, 0.6) is 0 Å². The first-order chi connectivity index (χ1) is 8.10. The Hall–Kier alpha value is -1.56. The van der Waals surface area contributed by atoms with Gasteiger partial charge in [0, 0.05) is 17.8 Å². The average molecular weight is 249 g/mol. The van der Waals surface area contributed by atoms with E-state index in [0.29, 0.717) is 5.82 Å². The topological polar surface area (TPSA) is 69.6 Å². The van der Waals surface area contributed by atoms with E-state index >= 15 is 0 Å². The number of aromatic nitrogens is 4. The van der Waals surface area contributed by atoms with Crippen molar-refractivity contribution in [1.29, 1.82) is 0 Å². The molecule has 0 spiro atoms. The second kappa shape index (κ2) is 4.75. The van der Waals surface area contributed by atoms with Gasteiger partial charge in [-0.05, 0) is 19.6 Å². The molecule has 0 fully saturated rings. The van der Waals surface area contributed by atoms with Gasteiger partial charge in [0.25, 0.3) is 0 Å². The van der Waals surface area contributed by atoms with Gasteiger partial charge >= 0.3 is 0 Å². The summed E-state index contributed by atoms with van der Waals surface area (Å²) in [6.07, 6.45) is 0. The summed E-state index contributed by atoms with van der Waals surface area (Å²) in [5.41, 5.74) is 6.84. The van der Waals surface area contributed by atoms with Gasteiger partial charge in [-0.25, -0.2) is 9.97 Å². The summed E-state index contributed by atoms with van der Waals surface area (Å²) in [4.78, 5) is 8.57. The molecule has 5 nitrogen and oxygen atoms in total. The van der Waals surface area contributed by atoms with Crippen LogP contribution in [0.1, 0.15) is 18.4 Å². The van der Waals surface area contributed by atoms with Crippen molar-refractivity contribution in [2.75, 3.05) is 11.5 Å². The molecule has 0 aromatic carbocycles. The van der Waals surface area contributed by atoms with E-state index in [1.807, 2.05) is 26.0 Å². The number of rotatable bonds is 3. The fraction of sp³-hybridized carbons (Fsp3) is 0.364. The normalized spacial score (nSPS) is 10.8. The highest BCUT2D eigenvalue weighted by molar-refractivity contribution is 7.99. The molecule has 0 saturated carbocycles. The van der Waals surface area contributed by atoms with Gasteiger partial charge in [-0.2, -0.15) is 9.78 Å². The molecule has 0 atom stereocenters. The number of aryl methyl sites for hydroxylation is 2. The number of thioether (sulfide) groups is 1. The Balaban J connectivity index is 2.44. The van der Waals surface area contributed by atoms with E-state index in [1.54, 1.807) is 16.4 Å². The molecule has 2 aromatic rings. The standard InChI is InChI=1S/C11H15N5S/c1-4-17-11-6-9(12)16(15-11)10-5-7(2)13-8(3)14-10/h5-6H,4,12H2,1-3H3. The van der Waals surface area contributed by atoms with Crippen molar-refractivity contribution in [1.82, 2.24) is 19.7 Å². The van der Waals surface area contributed by atoms with Crippen LogP contribution < -0.4 is 5.73 Å². The number of anilines is 1. The first kappa shape index (κ1) is 11.9. The quantitative estimate of drug-likeness (QED) is 0.842. The van der Waals surface area contributed by atoms with Crippen LogP contribution >= 0.6 is 11.8 Å². The number of nitrogen functional groups attached to an aromatic ring is 1. The molecule has 0 aliphatic rings. The third-order valence-corrected chi connectivity index (χ3v) is 2.96. The minimum absolute atomic E-state index is 0.596. The Morgan fingerprint density at radius 1 is 1.29 bits per heavy atom. The maximum Gasteiger partial charge on any atom is 0.159 e. The Morgan fingerprint density at radius 2 is 2.06 bits per heavy atom.